The summed E-state index contributed by atoms with van der Waals surface area (Å²) in [5.74, 6) is 0.531. The van der Waals surface area contributed by atoms with Gasteiger partial charge in [-0.05, 0) is 45.1 Å². The number of hydrogen-bond donors (Lipinski definition) is 1. The van der Waals surface area contributed by atoms with Crippen molar-refractivity contribution in [2.75, 3.05) is 19.8 Å². The fraction of sp³-hybridized carbons (Fsp3) is 1.00. The lowest BCUT2D eigenvalue weighted by molar-refractivity contribution is -0.0270. The van der Waals surface area contributed by atoms with Gasteiger partial charge in [0.1, 0.15) is 0 Å². The van der Waals surface area contributed by atoms with E-state index in [-0.39, 0.29) is 6.10 Å². The number of likely N-dealkylation sites (tertiary alicyclic amines) is 1. The Morgan fingerprint density at radius 1 is 0.944 bits per heavy atom. The largest absolute Gasteiger partial charge is 0.393 e. The Balaban J connectivity index is 1.65. The average Bonchev–Trinajstić information content (AvgIpc) is 2.89. The van der Waals surface area contributed by atoms with Crippen LogP contribution >= 0.6 is 0 Å². The minimum absolute atomic E-state index is 0.0474. The molecule has 2 saturated heterocycles. The standard InChI is InChI=1S/C15H27NO2/c17-15-8-2-1-6-13(15)14-7-3-9-16(14)12-5-4-10-18-11-12/h12-15,17H,1-11H2. The lowest BCUT2D eigenvalue weighted by Gasteiger charge is -2.41. The van der Waals surface area contributed by atoms with E-state index < -0.39 is 0 Å². The highest BCUT2D eigenvalue weighted by atomic mass is 16.5. The molecule has 0 bridgehead atoms. The van der Waals surface area contributed by atoms with Crippen LogP contribution in [-0.2, 0) is 4.74 Å². The zero-order valence-corrected chi connectivity index (χ0v) is 11.4. The first-order chi connectivity index (χ1) is 8.86. The van der Waals surface area contributed by atoms with E-state index in [4.69, 9.17) is 4.74 Å². The molecule has 1 saturated carbocycles. The van der Waals surface area contributed by atoms with Crippen molar-refractivity contribution in [2.24, 2.45) is 5.92 Å². The third kappa shape index (κ3) is 2.59. The number of ether oxygens (including phenoxy) is 1. The second-order valence-corrected chi connectivity index (χ2v) is 6.33. The molecule has 3 fully saturated rings. The highest BCUT2D eigenvalue weighted by molar-refractivity contribution is 4.93. The van der Waals surface area contributed by atoms with Crippen molar-refractivity contribution in [1.29, 1.82) is 0 Å². The SMILES string of the molecule is OC1CCCCC1C1CCCN1C1CCCOC1. The van der Waals surface area contributed by atoms with E-state index in [1.54, 1.807) is 0 Å². The molecule has 1 N–H and O–H groups in total. The first-order valence-electron chi connectivity index (χ1n) is 7.88. The maximum Gasteiger partial charge on any atom is 0.0621 e. The molecule has 0 radical (unpaired) electrons. The number of aliphatic hydroxyl groups is 1. The van der Waals surface area contributed by atoms with Gasteiger partial charge in [-0.1, -0.05) is 12.8 Å². The van der Waals surface area contributed by atoms with Gasteiger partial charge in [0.25, 0.3) is 0 Å². The molecule has 4 atom stereocenters. The predicted molar refractivity (Wildman–Crippen MR) is 71.5 cm³/mol. The molecule has 18 heavy (non-hydrogen) atoms. The van der Waals surface area contributed by atoms with E-state index >= 15 is 0 Å². The van der Waals surface area contributed by atoms with Gasteiger partial charge in [-0.25, -0.2) is 0 Å². The van der Waals surface area contributed by atoms with Crippen molar-refractivity contribution in [3.8, 4) is 0 Å². The highest BCUT2D eigenvalue weighted by Crippen LogP contribution is 2.36. The molecule has 0 spiro atoms. The van der Waals surface area contributed by atoms with Crippen LogP contribution in [0, 0.1) is 5.92 Å². The summed E-state index contributed by atoms with van der Waals surface area (Å²) in [6.45, 7) is 3.09. The van der Waals surface area contributed by atoms with E-state index in [2.05, 4.69) is 4.90 Å². The van der Waals surface area contributed by atoms with Crippen LogP contribution in [0.1, 0.15) is 51.4 Å². The van der Waals surface area contributed by atoms with Crippen molar-refractivity contribution in [3.63, 3.8) is 0 Å². The minimum atomic E-state index is -0.0474. The smallest absolute Gasteiger partial charge is 0.0621 e. The average molecular weight is 253 g/mol. The fourth-order valence-electron chi connectivity index (χ4n) is 4.30. The summed E-state index contributed by atoms with van der Waals surface area (Å²) < 4.78 is 5.65. The van der Waals surface area contributed by atoms with Crippen molar-refractivity contribution in [1.82, 2.24) is 4.90 Å². The van der Waals surface area contributed by atoms with E-state index in [1.807, 2.05) is 0 Å². The van der Waals surface area contributed by atoms with Gasteiger partial charge in [0.05, 0.1) is 12.7 Å². The summed E-state index contributed by atoms with van der Waals surface area (Å²) in [6, 6.07) is 1.26. The summed E-state index contributed by atoms with van der Waals surface area (Å²) in [4.78, 5) is 2.68. The second-order valence-electron chi connectivity index (χ2n) is 6.33. The zero-order valence-electron chi connectivity index (χ0n) is 11.4. The van der Waals surface area contributed by atoms with Gasteiger partial charge in [-0.2, -0.15) is 0 Å². The maximum absolute atomic E-state index is 10.3. The minimum Gasteiger partial charge on any atom is -0.393 e. The van der Waals surface area contributed by atoms with Crippen molar-refractivity contribution < 1.29 is 9.84 Å². The molecule has 0 aromatic rings. The molecule has 0 aromatic heterocycles. The molecule has 0 aromatic carbocycles. The van der Waals surface area contributed by atoms with Crippen LogP contribution in [-0.4, -0.2) is 48.0 Å². The Morgan fingerprint density at radius 2 is 1.83 bits per heavy atom. The summed E-state index contributed by atoms with van der Waals surface area (Å²) in [7, 11) is 0. The molecule has 1 aliphatic carbocycles. The lowest BCUT2D eigenvalue weighted by atomic mass is 9.80. The molecule has 2 heterocycles. The molecule has 3 heteroatoms. The van der Waals surface area contributed by atoms with Crippen LogP contribution in [0.4, 0.5) is 0 Å². The number of rotatable bonds is 2. The monoisotopic (exact) mass is 253 g/mol. The normalized spacial score (nSPS) is 43.2. The van der Waals surface area contributed by atoms with Gasteiger partial charge in [-0.3, -0.25) is 4.90 Å². The van der Waals surface area contributed by atoms with E-state index in [9.17, 15) is 5.11 Å². The topological polar surface area (TPSA) is 32.7 Å². The maximum atomic E-state index is 10.3. The summed E-state index contributed by atoms with van der Waals surface area (Å²) in [5.41, 5.74) is 0. The van der Waals surface area contributed by atoms with Gasteiger partial charge in [-0.15, -0.1) is 0 Å². The van der Waals surface area contributed by atoms with Crippen molar-refractivity contribution in [3.05, 3.63) is 0 Å². The van der Waals surface area contributed by atoms with Gasteiger partial charge < -0.3 is 9.84 Å². The second kappa shape index (κ2) is 5.89. The predicted octanol–water partition coefficient (Wildman–Crippen LogP) is 2.18. The van der Waals surface area contributed by atoms with Gasteiger partial charge in [0.15, 0.2) is 0 Å². The third-order valence-electron chi connectivity index (χ3n) is 5.22. The van der Waals surface area contributed by atoms with Crippen molar-refractivity contribution in [2.45, 2.75) is 69.6 Å². The van der Waals surface area contributed by atoms with E-state index in [0.717, 1.165) is 19.6 Å². The Bertz CT molecular complexity index is 265. The summed E-state index contributed by atoms with van der Waals surface area (Å²) in [5, 5.41) is 10.3. The van der Waals surface area contributed by atoms with Crippen LogP contribution in [0.5, 0.6) is 0 Å². The van der Waals surface area contributed by atoms with E-state index in [0.29, 0.717) is 18.0 Å². The Labute approximate surface area is 110 Å². The molecule has 3 rings (SSSR count). The molecule has 3 aliphatic rings. The molecule has 4 unspecified atom stereocenters. The molecule has 3 nitrogen and oxygen atoms in total. The molecular formula is C15H27NO2. The first kappa shape index (κ1) is 12.9. The van der Waals surface area contributed by atoms with Gasteiger partial charge in [0.2, 0.25) is 0 Å². The van der Waals surface area contributed by atoms with Gasteiger partial charge in [0, 0.05) is 24.6 Å². The van der Waals surface area contributed by atoms with Gasteiger partial charge >= 0.3 is 0 Å². The third-order valence-corrected chi connectivity index (χ3v) is 5.22. The van der Waals surface area contributed by atoms with Crippen LogP contribution in [0.3, 0.4) is 0 Å². The van der Waals surface area contributed by atoms with Crippen LogP contribution in [0.2, 0.25) is 0 Å². The fourth-order valence-corrected chi connectivity index (χ4v) is 4.30. The lowest BCUT2D eigenvalue weighted by Crippen LogP contribution is -2.49. The molecular weight excluding hydrogens is 226 g/mol. The molecule has 0 amide bonds. The first-order valence-corrected chi connectivity index (χ1v) is 7.88. The zero-order chi connectivity index (χ0) is 12.4. The summed E-state index contributed by atoms with van der Waals surface area (Å²) >= 11 is 0. The number of nitrogens with zero attached hydrogens (tertiary/aromatic N) is 1. The van der Waals surface area contributed by atoms with Crippen LogP contribution in [0.25, 0.3) is 0 Å². The Hall–Kier alpha value is -0.120. The Morgan fingerprint density at radius 3 is 2.61 bits per heavy atom. The van der Waals surface area contributed by atoms with Crippen LogP contribution in [0.15, 0.2) is 0 Å². The van der Waals surface area contributed by atoms with E-state index in [1.165, 1.54) is 51.5 Å². The van der Waals surface area contributed by atoms with Crippen LogP contribution < -0.4 is 0 Å². The summed E-state index contributed by atoms with van der Waals surface area (Å²) in [6.07, 6.45) is 9.84. The molecule has 104 valence electrons. The highest BCUT2D eigenvalue weighted by Gasteiger charge is 2.39. The number of aliphatic hydroxyl groups excluding tert-OH is 1. The quantitative estimate of drug-likeness (QED) is 0.819. The van der Waals surface area contributed by atoms with Crippen molar-refractivity contribution >= 4 is 0 Å². The Kier molecular flexibility index (Phi) is 4.22. The number of hydrogen-bond acceptors (Lipinski definition) is 3. The molecule has 2 aliphatic heterocycles.